The summed E-state index contributed by atoms with van der Waals surface area (Å²) in [6.45, 7) is 8.32. The van der Waals surface area contributed by atoms with Crippen LogP contribution in [0.4, 0.5) is 0 Å². The smallest absolute Gasteiger partial charge is 0.0866 e. The summed E-state index contributed by atoms with van der Waals surface area (Å²) in [5, 5.41) is 8.09. The average molecular weight is 313 g/mol. The molecule has 2 aromatic rings. The highest BCUT2D eigenvalue weighted by Gasteiger charge is 2.29. The van der Waals surface area contributed by atoms with Gasteiger partial charge in [-0.1, -0.05) is 30.3 Å². The second-order valence-electron chi connectivity index (χ2n) is 6.73. The Balaban J connectivity index is 1.58. The van der Waals surface area contributed by atoms with Gasteiger partial charge in [0.1, 0.15) is 0 Å². The molecule has 0 unspecified atom stereocenters. The van der Waals surface area contributed by atoms with E-state index < -0.39 is 0 Å². The highest BCUT2D eigenvalue weighted by Crippen LogP contribution is 2.34. The lowest BCUT2D eigenvalue weighted by atomic mass is 9.95. The summed E-state index contributed by atoms with van der Waals surface area (Å²) >= 11 is 0. The quantitative estimate of drug-likeness (QED) is 0.879. The molecule has 1 aliphatic rings. The molecule has 3 atom stereocenters. The summed E-state index contributed by atoms with van der Waals surface area (Å²) in [7, 11) is 0. The van der Waals surface area contributed by atoms with Gasteiger partial charge in [-0.25, -0.2) is 0 Å². The molecule has 4 heteroatoms. The Morgan fingerprint density at radius 3 is 2.74 bits per heavy atom. The number of nitrogens with zero attached hydrogens (tertiary/aromatic N) is 2. The molecule has 0 amide bonds. The molecule has 3 rings (SSSR count). The number of aromatic nitrogens is 2. The van der Waals surface area contributed by atoms with E-state index in [2.05, 4.69) is 67.7 Å². The van der Waals surface area contributed by atoms with Crippen molar-refractivity contribution in [2.45, 2.75) is 45.4 Å². The zero-order chi connectivity index (χ0) is 16.2. The van der Waals surface area contributed by atoms with Crippen molar-refractivity contribution in [3.8, 4) is 0 Å². The molecule has 0 spiro atoms. The van der Waals surface area contributed by atoms with E-state index in [-0.39, 0.29) is 6.10 Å². The molecular formula is C19H27N3O. The number of nitrogens with one attached hydrogen (secondary N) is 1. The van der Waals surface area contributed by atoms with Gasteiger partial charge in [-0.3, -0.25) is 4.68 Å². The Kier molecular flexibility index (Phi) is 5.13. The number of hydrogen-bond donors (Lipinski definition) is 1. The van der Waals surface area contributed by atoms with Crippen LogP contribution in [0, 0.1) is 5.92 Å². The van der Waals surface area contributed by atoms with E-state index in [0.717, 1.165) is 19.6 Å². The van der Waals surface area contributed by atoms with Crippen LogP contribution in [0.1, 0.15) is 56.5 Å². The normalized spacial score (nSPS) is 22.6. The molecule has 1 aromatic heterocycles. The molecule has 0 saturated carbocycles. The molecule has 2 heterocycles. The topological polar surface area (TPSA) is 39.1 Å². The van der Waals surface area contributed by atoms with Gasteiger partial charge in [-0.15, -0.1) is 0 Å². The second kappa shape index (κ2) is 7.28. The van der Waals surface area contributed by atoms with Crippen molar-refractivity contribution < 1.29 is 4.74 Å². The van der Waals surface area contributed by atoms with Crippen LogP contribution in [0.5, 0.6) is 0 Å². The fourth-order valence-corrected chi connectivity index (χ4v) is 3.16. The molecule has 0 radical (unpaired) electrons. The van der Waals surface area contributed by atoms with E-state index in [4.69, 9.17) is 4.74 Å². The maximum Gasteiger partial charge on any atom is 0.0866 e. The lowest BCUT2D eigenvalue weighted by Gasteiger charge is -2.21. The Morgan fingerprint density at radius 1 is 1.26 bits per heavy atom. The first-order chi connectivity index (χ1) is 11.1. The van der Waals surface area contributed by atoms with Gasteiger partial charge < -0.3 is 10.1 Å². The molecular weight excluding hydrogens is 286 g/mol. The van der Waals surface area contributed by atoms with E-state index in [9.17, 15) is 0 Å². The summed E-state index contributed by atoms with van der Waals surface area (Å²) in [5.74, 6) is 0.528. The average Bonchev–Trinajstić information content (AvgIpc) is 3.22. The van der Waals surface area contributed by atoms with Crippen LogP contribution < -0.4 is 5.32 Å². The van der Waals surface area contributed by atoms with Crippen molar-refractivity contribution in [2.24, 2.45) is 5.92 Å². The molecule has 1 fully saturated rings. The minimum absolute atomic E-state index is 0.217. The van der Waals surface area contributed by atoms with E-state index >= 15 is 0 Å². The third-order valence-corrected chi connectivity index (χ3v) is 4.68. The van der Waals surface area contributed by atoms with Crippen molar-refractivity contribution in [2.75, 3.05) is 13.2 Å². The minimum Gasteiger partial charge on any atom is -0.373 e. The fourth-order valence-electron chi connectivity index (χ4n) is 3.16. The molecule has 0 aliphatic carbocycles. The van der Waals surface area contributed by atoms with Gasteiger partial charge in [0.25, 0.3) is 0 Å². The molecule has 124 valence electrons. The Hall–Kier alpha value is -1.65. The molecule has 1 aliphatic heterocycles. The number of benzene rings is 1. The fraction of sp³-hybridized carbons (Fsp3) is 0.526. The predicted molar refractivity (Wildman–Crippen MR) is 92.3 cm³/mol. The van der Waals surface area contributed by atoms with Crippen molar-refractivity contribution in [1.82, 2.24) is 15.1 Å². The van der Waals surface area contributed by atoms with Crippen LogP contribution in [-0.2, 0) is 4.74 Å². The van der Waals surface area contributed by atoms with Gasteiger partial charge in [-0.2, -0.15) is 5.10 Å². The molecule has 1 aromatic carbocycles. The number of ether oxygens (including phenoxy) is 1. The SMILES string of the molecule is CC(C)n1cc([C@H](C)NC[C@@H]2CCO[C@H]2c2ccccc2)cn1. The summed E-state index contributed by atoms with van der Waals surface area (Å²) in [4.78, 5) is 0. The predicted octanol–water partition coefficient (Wildman–Crippen LogP) is 3.89. The van der Waals surface area contributed by atoms with Crippen LogP contribution in [0.2, 0.25) is 0 Å². The zero-order valence-electron chi connectivity index (χ0n) is 14.3. The summed E-state index contributed by atoms with van der Waals surface area (Å²) in [6, 6.07) is 11.3. The van der Waals surface area contributed by atoms with E-state index in [1.54, 1.807) is 0 Å². The van der Waals surface area contributed by atoms with Crippen LogP contribution in [0.15, 0.2) is 42.7 Å². The molecule has 0 bridgehead atoms. The highest BCUT2D eigenvalue weighted by molar-refractivity contribution is 5.19. The lowest BCUT2D eigenvalue weighted by Crippen LogP contribution is -2.27. The van der Waals surface area contributed by atoms with Crippen LogP contribution in [-0.4, -0.2) is 22.9 Å². The highest BCUT2D eigenvalue weighted by atomic mass is 16.5. The first-order valence-corrected chi connectivity index (χ1v) is 8.59. The maximum absolute atomic E-state index is 5.97. The van der Waals surface area contributed by atoms with Crippen molar-refractivity contribution in [3.63, 3.8) is 0 Å². The van der Waals surface area contributed by atoms with E-state index in [0.29, 0.717) is 18.0 Å². The number of hydrogen-bond acceptors (Lipinski definition) is 3. The van der Waals surface area contributed by atoms with Crippen LogP contribution in [0.25, 0.3) is 0 Å². The Labute approximate surface area is 138 Å². The van der Waals surface area contributed by atoms with Crippen molar-refractivity contribution in [3.05, 3.63) is 53.9 Å². The van der Waals surface area contributed by atoms with Gasteiger partial charge >= 0.3 is 0 Å². The van der Waals surface area contributed by atoms with E-state index in [1.807, 2.05) is 10.9 Å². The summed E-state index contributed by atoms with van der Waals surface area (Å²) < 4.78 is 7.98. The third kappa shape index (κ3) is 3.82. The number of rotatable bonds is 6. The van der Waals surface area contributed by atoms with Crippen LogP contribution >= 0.6 is 0 Å². The molecule has 1 N–H and O–H groups in total. The molecule has 4 nitrogen and oxygen atoms in total. The van der Waals surface area contributed by atoms with E-state index in [1.165, 1.54) is 11.1 Å². The molecule has 23 heavy (non-hydrogen) atoms. The summed E-state index contributed by atoms with van der Waals surface area (Å²) in [6.07, 6.45) is 5.44. The second-order valence-corrected chi connectivity index (χ2v) is 6.73. The van der Waals surface area contributed by atoms with Crippen molar-refractivity contribution in [1.29, 1.82) is 0 Å². The first kappa shape index (κ1) is 16.2. The van der Waals surface area contributed by atoms with Gasteiger partial charge in [-0.05, 0) is 32.8 Å². The summed E-state index contributed by atoms with van der Waals surface area (Å²) in [5.41, 5.74) is 2.53. The van der Waals surface area contributed by atoms with Gasteiger partial charge in [0.15, 0.2) is 0 Å². The van der Waals surface area contributed by atoms with Gasteiger partial charge in [0, 0.05) is 42.9 Å². The standard InChI is InChI=1S/C19H27N3O/c1-14(2)22-13-18(12-21-22)15(3)20-11-17-9-10-23-19(17)16-7-5-4-6-8-16/h4-8,12-15,17,19-20H,9-11H2,1-3H3/t15-,17-,19-/m0/s1. The van der Waals surface area contributed by atoms with Gasteiger partial charge in [0.2, 0.25) is 0 Å². The van der Waals surface area contributed by atoms with Gasteiger partial charge in [0.05, 0.1) is 12.3 Å². The maximum atomic E-state index is 5.97. The van der Waals surface area contributed by atoms with Crippen molar-refractivity contribution >= 4 is 0 Å². The Bertz CT molecular complexity index is 608. The first-order valence-electron chi connectivity index (χ1n) is 8.59. The lowest BCUT2D eigenvalue weighted by molar-refractivity contribution is 0.0899. The monoisotopic (exact) mass is 313 g/mol. The zero-order valence-corrected chi connectivity index (χ0v) is 14.3. The Morgan fingerprint density at radius 2 is 2.04 bits per heavy atom. The minimum atomic E-state index is 0.217. The molecule has 1 saturated heterocycles. The third-order valence-electron chi connectivity index (χ3n) is 4.68. The van der Waals surface area contributed by atoms with Crippen LogP contribution in [0.3, 0.4) is 0 Å². The largest absolute Gasteiger partial charge is 0.373 e.